The molecule has 2 fully saturated rings. The molecule has 1 saturated heterocycles. The van der Waals surface area contributed by atoms with Gasteiger partial charge in [0.05, 0.1) is 12.9 Å². The van der Waals surface area contributed by atoms with Gasteiger partial charge in [-0.15, -0.1) is 0 Å². The van der Waals surface area contributed by atoms with Crippen LogP contribution >= 0.6 is 0 Å². The van der Waals surface area contributed by atoms with Crippen LogP contribution in [-0.4, -0.2) is 36.7 Å². The molecule has 5 heteroatoms. The smallest absolute Gasteiger partial charge is 0.414 e. The Hall–Kier alpha value is -1.78. The molecule has 1 saturated carbocycles. The van der Waals surface area contributed by atoms with Crippen LogP contribution in [0.2, 0.25) is 0 Å². The van der Waals surface area contributed by atoms with E-state index in [1.54, 1.807) is 6.92 Å². The van der Waals surface area contributed by atoms with Gasteiger partial charge in [-0.25, -0.2) is 9.59 Å². The second-order valence-electron chi connectivity index (χ2n) is 7.03. The van der Waals surface area contributed by atoms with E-state index in [1.807, 2.05) is 11.0 Å². The SMILES string of the molecule is C=COC(=O)N1CC2C(C)CC(C)C(C1)C2C/C=C\C(=O)OCC. The Morgan fingerprint density at radius 2 is 1.83 bits per heavy atom. The van der Waals surface area contributed by atoms with Gasteiger partial charge in [0.15, 0.2) is 0 Å². The molecule has 1 aliphatic heterocycles. The maximum atomic E-state index is 12.1. The first-order valence-corrected chi connectivity index (χ1v) is 8.87. The summed E-state index contributed by atoms with van der Waals surface area (Å²) in [5, 5.41) is 0. The Morgan fingerprint density at radius 1 is 1.21 bits per heavy atom. The van der Waals surface area contributed by atoms with E-state index in [4.69, 9.17) is 9.47 Å². The van der Waals surface area contributed by atoms with Gasteiger partial charge in [0, 0.05) is 19.2 Å². The van der Waals surface area contributed by atoms with Crippen LogP contribution in [0.4, 0.5) is 4.79 Å². The summed E-state index contributed by atoms with van der Waals surface area (Å²) in [6.07, 6.45) is 6.41. The minimum Gasteiger partial charge on any atom is -0.463 e. The zero-order chi connectivity index (χ0) is 17.7. The number of carbonyl (C=O) groups excluding carboxylic acids is 2. The van der Waals surface area contributed by atoms with Crippen molar-refractivity contribution in [3.05, 3.63) is 25.0 Å². The van der Waals surface area contributed by atoms with Gasteiger partial charge >= 0.3 is 12.1 Å². The van der Waals surface area contributed by atoms with E-state index in [-0.39, 0.29) is 12.1 Å². The average Bonchev–Trinajstić information content (AvgIpc) is 2.53. The van der Waals surface area contributed by atoms with E-state index in [2.05, 4.69) is 20.4 Å². The summed E-state index contributed by atoms with van der Waals surface area (Å²) in [5.74, 6) is 2.18. The van der Waals surface area contributed by atoms with E-state index in [9.17, 15) is 9.59 Å². The van der Waals surface area contributed by atoms with Crippen molar-refractivity contribution in [2.24, 2.45) is 29.6 Å². The predicted molar refractivity (Wildman–Crippen MR) is 92.1 cm³/mol. The average molecular weight is 335 g/mol. The number of esters is 1. The third kappa shape index (κ3) is 4.19. The van der Waals surface area contributed by atoms with Crippen molar-refractivity contribution in [1.82, 2.24) is 4.90 Å². The van der Waals surface area contributed by atoms with E-state index < -0.39 is 0 Å². The molecule has 24 heavy (non-hydrogen) atoms. The highest BCUT2D eigenvalue weighted by Crippen LogP contribution is 2.47. The van der Waals surface area contributed by atoms with Crippen molar-refractivity contribution in [2.75, 3.05) is 19.7 Å². The van der Waals surface area contributed by atoms with Crippen molar-refractivity contribution in [1.29, 1.82) is 0 Å². The summed E-state index contributed by atoms with van der Waals surface area (Å²) in [7, 11) is 0. The maximum absolute atomic E-state index is 12.1. The normalized spacial score (nSPS) is 32.5. The Bertz CT molecular complexity index is 484. The van der Waals surface area contributed by atoms with Gasteiger partial charge in [-0.05, 0) is 49.4 Å². The zero-order valence-corrected chi connectivity index (χ0v) is 14.9. The number of carbonyl (C=O) groups is 2. The van der Waals surface area contributed by atoms with Crippen LogP contribution in [0.3, 0.4) is 0 Å². The predicted octanol–water partition coefficient (Wildman–Crippen LogP) is 3.62. The molecule has 4 unspecified atom stereocenters. The number of piperidine rings is 1. The number of nitrogens with zero attached hydrogens (tertiary/aromatic N) is 1. The van der Waals surface area contributed by atoms with Crippen LogP contribution in [0.5, 0.6) is 0 Å². The first kappa shape index (κ1) is 18.6. The molecule has 0 spiro atoms. The van der Waals surface area contributed by atoms with Crippen molar-refractivity contribution in [3.63, 3.8) is 0 Å². The molecular formula is C19H29NO4. The molecule has 5 nitrogen and oxygen atoms in total. The first-order valence-electron chi connectivity index (χ1n) is 8.87. The monoisotopic (exact) mass is 335 g/mol. The lowest BCUT2D eigenvalue weighted by Crippen LogP contribution is -2.55. The second kappa shape index (κ2) is 8.36. The summed E-state index contributed by atoms with van der Waals surface area (Å²) in [4.78, 5) is 25.4. The van der Waals surface area contributed by atoms with Crippen LogP contribution in [0, 0.1) is 29.6 Å². The lowest BCUT2D eigenvalue weighted by Gasteiger charge is -2.52. The first-order chi connectivity index (χ1) is 11.5. The quantitative estimate of drug-likeness (QED) is 0.437. The number of allylic oxidation sites excluding steroid dienone is 1. The molecule has 0 aromatic heterocycles. The van der Waals surface area contributed by atoms with Crippen molar-refractivity contribution >= 4 is 12.1 Å². The molecule has 2 rings (SSSR count). The minimum absolute atomic E-state index is 0.282. The fourth-order valence-corrected chi connectivity index (χ4v) is 4.47. The number of ether oxygens (including phenoxy) is 2. The van der Waals surface area contributed by atoms with Gasteiger partial charge in [0.2, 0.25) is 0 Å². The van der Waals surface area contributed by atoms with Gasteiger partial charge < -0.3 is 14.4 Å². The molecular weight excluding hydrogens is 306 g/mol. The Labute approximate surface area is 144 Å². The Balaban J connectivity index is 2.07. The standard InChI is InChI=1S/C19H29NO4/c1-5-23-18(21)9-7-8-15-16-11-20(19(22)24-6-2)12-17(15)14(4)10-13(16)3/h6-7,9,13-17H,2,5,8,10-12H2,1,3-4H3/b9-7-. The molecule has 4 atom stereocenters. The van der Waals surface area contributed by atoms with E-state index in [0.717, 1.165) is 19.5 Å². The highest BCUT2D eigenvalue weighted by Gasteiger charge is 2.46. The van der Waals surface area contributed by atoms with E-state index in [0.29, 0.717) is 36.2 Å². The Kier molecular flexibility index (Phi) is 6.46. The number of hydrogen-bond donors (Lipinski definition) is 0. The van der Waals surface area contributed by atoms with Crippen LogP contribution in [0.1, 0.15) is 33.6 Å². The number of hydrogen-bond acceptors (Lipinski definition) is 4. The molecule has 1 aliphatic carbocycles. The lowest BCUT2D eigenvalue weighted by molar-refractivity contribution is -0.137. The van der Waals surface area contributed by atoms with Gasteiger partial charge in [-0.2, -0.15) is 0 Å². The maximum Gasteiger partial charge on any atom is 0.414 e. The summed E-state index contributed by atoms with van der Waals surface area (Å²) in [5.41, 5.74) is 0. The van der Waals surface area contributed by atoms with E-state index in [1.165, 1.54) is 18.8 Å². The second-order valence-corrected chi connectivity index (χ2v) is 7.03. The highest BCUT2D eigenvalue weighted by molar-refractivity contribution is 5.81. The largest absolute Gasteiger partial charge is 0.463 e. The third-order valence-corrected chi connectivity index (χ3v) is 5.56. The molecule has 2 bridgehead atoms. The number of amides is 1. The topological polar surface area (TPSA) is 55.8 Å². The van der Waals surface area contributed by atoms with Crippen molar-refractivity contribution in [3.8, 4) is 0 Å². The van der Waals surface area contributed by atoms with Crippen LogP contribution in [0.25, 0.3) is 0 Å². The molecule has 1 heterocycles. The fraction of sp³-hybridized carbons (Fsp3) is 0.684. The van der Waals surface area contributed by atoms with Gasteiger partial charge in [-0.3, -0.25) is 0 Å². The molecule has 2 aliphatic rings. The minimum atomic E-state index is -0.304. The number of likely N-dealkylation sites (tertiary alicyclic amines) is 1. The Morgan fingerprint density at radius 3 is 2.38 bits per heavy atom. The van der Waals surface area contributed by atoms with Crippen LogP contribution < -0.4 is 0 Å². The summed E-state index contributed by atoms with van der Waals surface area (Å²) >= 11 is 0. The fourth-order valence-electron chi connectivity index (χ4n) is 4.47. The molecule has 1 amide bonds. The van der Waals surface area contributed by atoms with Gasteiger partial charge in [0.25, 0.3) is 0 Å². The molecule has 0 aromatic carbocycles. The number of fused-ring (bicyclic) bond motifs is 2. The van der Waals surface area contributed by atoms with Crippen LogP contribution in [-0.2, 0) is 14.3 Å². The summed E-state index contributed by atoms with van der Waals surface area (Å²) in [6.45, 7) is 11.6. The van der Waals surface area contributed by atoms with Crippen LogP contribution in [0.15, 0.2) is 25.0 Å². The molecule has 134 valence electrons. The van der Waals surface area contributed by atoms with Crippen molar-refractivity contribution < 1.29 is 19.1 Å². The zero-order valence-electron chi connectivity index (χ0n) is 14.9. The summed E-state index contributed by atoms with van der Waals surface area (Å²) in [6, 6.07) is 0. The molecule has 0 aromatic rings. The summed E-state index contributed by atoms with van der Waals surface area (Å²) < 4.78 is 9.91. The van der Waals surface area contributed by atoms with Crippen molar-refractivity contribution in [2.45, 2.75) is 33.6 Å². The van der Waals surface area contributed by atoms with Gasteiger partial charge in [-0.1, -0.05) is 26.5 Å². The number of rotatable bonds is 5. The lowest BCUT2D eigenvalue weighted by atomic mass is 9.59. The highest BCUT2D eigenvalue weighted by atomic mass is 16.5. The molecule has 0 radical (unpaired) electrons. The van der Waals surface area contributed by atoms with E-state index >= 15 is 0 Å². The van der Waals surface area contributed by atoms with Gasteiger partial charge in [0.1, 0.15) is 0 Å². The third-order valence-electron chi connectivity index (χ3n) is 5.56. The molecule has 0 N–H and O–H groups in total.